The lowest BCUT2D eigenvalue weighted by Crippen LogP contribution is -2.62. The van der Waals surface area contributed by atoms with E-state index in [1.807, 2.05) is 19.2 Å². The molecule has 202 valence electrons. The predicted molar refractivity (Wildman–Crippen MR) is 149 cm³/mol. The smallest absolute Gasteiger partial charge is 0.100 e. The summed E-state index contributed by atoms with van der Waals surface area (Å²) in [6.07, 6.45) is 12.1. The number of para-hydroxylation sites is 1. The zero-order valence-electron chi connectivity index (χ0n) is 22.2. The molecule has 5 aliphatic carbocycles. The van der Waals surface area contributed by atoms with Crippen LogP contribution in [0.2, 0.25) is 5.02 Å². The fourth-order valence-electron chi connectivity index (χ4n) is 10.9. The minimum atomic E-state index is -0.224. The maximum Gasteiger partial charge on any atom is 0.100 e. The Balaban J connectivity index is 1.14. The van der Waals surface area contributed by atoms with Gasteiger partial charge in [-0.3, -0.25) is 0 Å². The highest BCUT2D eigenvalue weighted by Gasteiger charge is 2.69. The number of halogens is 1. The number of rotatable bonds is 4. The van der Waals surface area contributed by atoms with Crippen molar-refractivity contribution in [3.8, 4) is 0 Å². The minimum absolute atomic E-state index is 0.187. The van der Waals surface area contributed by atoms with Crippen LogP contribution in [0.5, 0.6) is 0 Å². The third-order valence-electron chi connectivity index (χ3n) is 12.4. The average Bonchev–Trinajstić information content (AvgIpc) is 3.56. The van der Waals surface area contributed by atoms with Gasteiger partial charge < -0.3 is 14.9 Å². The highest BCUT2D eigenvalue weighted by molar-refractivity contribution is 7.18. The summed E-state index contributed by atoms with van der Waals surface area (Å²) < 4.78 is 7.64. The first-order valence-electron chi connectivity index (χ1n) is 14.8. The van der Waals surface area contributed by atoms with Gasteiger partial charge in [0.15, 0.2) is 0 Å². The van der Waals surface area contributed by atoms with Gasteiger partial charge in [0.1, 0.15) is 5.52 Å². The van der Waals surface area contributed by atoms with Gasteiger partial charge in [-0.25, -0.2) is 4.98 Å². The van der Waals surface area contributed by atoms with Crippen molar-refractivity contribution in [2.45, 2.75) is 95.9 Å². The molecule has 0 radical (unpaired) electrons. The molecular formula is C31H42ClNO3S. The summed E-state index contributed by atoms with van der Waals surface area (Å²) in [5.41, 5.74) is 1.42. The Morgan fingerprint density at radius 1 is 1.05 bits per heavy atom. The summed E-state index contributed by atoms with van der Waals surface area (Å²) in [4.78, 5) is 4.90. The summed E-state index contributed by atoms with van der Waals surface area (Å²) in [5, 5.41) is 24.0. The van der Waals surface area contributed by atoms with Crippen LogP contribution in [0, 0.1) is 46.3 Å². The third-order valence-corrected chi connectivity index (χ3v) is 13.8. The molecule has 1 aromatic carbocycles. The number of nitrogens with zero attached hydrogens (tertiary/aromatic N) is 1. The first-order chi connectivity index (χ1) is 17.8. The van der Waals surface area contributed by atoms with Gasteiger partial charge in [0.05, 0.1) is 33.0 Å². The summed E-state index contributed by atoms with van der Waals surface area (Å²) in [6, 6.07) is 6.08. The van der Waals surface area contributed by atoms with E-state index in [1.54, 1.807) is 11.3 Å². The number of thiazole rings is 1. The maximum absolute atomic E-state index is 11.6. The van der Waals surface area contributed by atoms with Crippen LogP contribution in [-0.4, -0.2) is 40.6 Å². The molecular weight excluding hydrogens is 502 g/mol. The van der Waals surface area contributed by atoms with Gasteiger partial charge in [-0.05, 0) is 124 Å². The normalized spacial score (nSPS) is 46.9. The Bertz CT molecular complexity index is 1170. The molecule has 4 nitrogen and oxygen atoms in total. The van der Waals surface area contributed by atoms with E-state index in [1.165, 1.54) is 41.8 Å². The van der Waals surface area contributed by atoms with Crippen LogP contribution < -0.4 is 0 Å². The number of hydrogen-bond donors (Lipinski definition) is 2. The molecule has 0 aliphatic heterocycles. The van der Waals surface area contributed by atoms with Crippen molar-refractivity contribution < 1.29 is 14.9 Å². The van der Waals surface area contributed by atoms with E-state index in [9.17, 15) is 10.2 Å². The fraction of sp³-hybridized carbons (Fsp3) is 0.774. The van der Waals surface area contributed by atoms with Crippen molar-refractivity contribution in [1.82, 2.24) is 4.98 Å². The quantitative estimate of drug-likeness (QED) is 0.441. The average molecular weight is 544 g/mol. The zero-order valence-corrected chi connectivity index (χ0v) is 23.8. The van der Waals surface area contributed by atoms with Gasteiger partial charge in [-0.1, -0.05) is 24.6 Å². The van der Waals surface area contributed by atoms with Crippen molar-refractivity contribution in [3.05, 3.63) is 28.2 Å². The number of hydrogen-bond acceptors (Lipinski definition) is 5. The molecule has 1 heterocycles. The molecule has 0 saturated heterocycles. The van der Waals surface area contributed by atoms with E-state index >= 15 is 0 Å². The molecule has 0 amide bonds. The van der Waals surface area contributed by atoms with Crippen molar-refractivity contribution >= 4 is 33.2 Å². The SMILES string of the molecule is CO[C@H]1C[C@H]2[C@@H]([C@H](O)C[C@@H]3C[C@H](O)CC[C@@]32C)[C@@H]2CC[C@@H]3C(CCc4nc5c(Cl)cccc5s4)CC[C@@]132. The summed E-state index contributed by atoms with van der Waals surface area (Å²) >= 11 is 8.20. The monoisotopic (exact) mass is 543 g/mol. The number of aromatic nitrogens is 1. The van der Waals surface area contributed by atoms with Crippen molar-refractivity contribution in [1.29, 1.82) is 0 Å². The molecule has 5 aliphatic rings. The number of benzene rings is 1. The maximum atomic E-state index is 11.6. The Kier molecular flexibility index (Phi) is 6.25. The lowest BCUT2D eigenvalue weighted by Gasteiger charge is -2.64. The van der Waals surface area contributed by atoms with Gasteiger partial charge in [0.25, 0.3) is 0 Å². The molecule has 37 heavy (non-hydrogen) atoms. The minimum Gasteiger partial charge on any atom is -0.393 e. The Morgan fingerprint density at radius 3 is 2.70 bits per heavy atom. The second kappa shape index (κ2) is 9.16. The Morgan fingerprint density at radius 2 is 1.89 bits per heavy atom. The molecule has 6 heteroatoms. The Labute approximate surface area is 230 Å². The molecule has 2 N–H and O–H groups in total. The molecule has 11 atom stereocenters. The highest BCUT2D eigenvalue weighted by Crippen LogP contribution is 2.72. The largest absolute Gasteiger partial charge is 0.393 e. The van der Waals surface area contributed by atoms with Crippen LogP contribution in [0.4, 0.5) is 0 Å². The van der Waals surface area contributed by atoms with Crippen LogP contribution in [0.25, 0.3) is 10.2 Å². The summed E-state index contributed by atoms with van der Waals surface area (Å²) in [7, 11) is 1.95. The number of aryl methyl sites for hydroxylation is 1. The molecule has 5 saturated carbocycles. The number of ether oxygens (including phenoxy) is 1. The summed E-state index contributed by atoms with van der Waals surface area (Å²) in [5.74, 6) is 3.35. The van der Waals surface area contributed by atoms with Crippen LogP contribution in [-0.2, 0) is 11.2 Å². The molecule has 7 rings (SSSR count). The van der Waals surface area contributed by atoms with E-state index < -0.39 is 0 Å². The number of fused-ring (bicyclic) bond motifs is 5. The second-order valence-electron chi connectivity index (χ2n) is 13.5. The first-order valence-corrected chi connectivity index (χ1v) is 16.0. The van der Waals surface area contributed by atoms with Gasteiger partial charge in [-0.15, -0.1) is 11.3 Å². The van der Waals surface area contributed by atoms with Crippen molar-refractivity contribution in [3.63, 3.8) is 0 Å². The number of methoxy groups -OCH3 is 1. The van der Waals surface area contributed by atoms with Crippen LogP contribution in [0.1, 0.15) is 76.1 Å². The predicted octanol–water partition coefficient (Wildman–Crippen LogP) is 6.89. The fourth-order valence-corrected chi connectivity index (χ4v) is 12.2. The first kappa shape index (κ1) is 25.3. The number of aliphatic hydroxyl groups is 2. The lowest BCUT2D eigenvalue weighted by atomic mass is 9.43. The Hall–Kier alpha value is -0.720. The topological polar surface area (TPSA) is 62.6 Å². The van der Waals surface area contributed by atoms with Gasteiger partial charge in [0, 0.05) is 12.5 Å². The second-order valence-corrected chi connectivity index (χ2v) is 15.0. The van der Waals surface area contributed by atoms with Gasteiger partial charge >= 0.3 is 0 Å². The molecule has 0 bridgehead atoms. The zero-order chi connectivity index (χ0) is 25.5. The molecule has 1 unspecified atom stereocenters. The number of aliphatic hydroxyl groups excluding tert-OH is 2. The lowest BCUT2D eigenvalue weighted by molar-refractivity contribution is -0.211. The van der Waals surface area contributed by atoms with Gasteiger partial charge in [0.2, 0.25) is 0 Å². The third kappa shape index (κ3) is 3.66. The van der Waals surface area contributed by atoms with E-state index in [4.69, 9.17) is 21.3 Å². The van der Waals surface area contributed by atoms with E-state index in [0.29, 0.717) is 35.7 Å². The van der Waals surface area contributed by atoms with Crippen LogP contribution in [0.3, 0.4) is 0 Å². The van der Waals surface area contributed by atoms with E-state index in [0.717, 1.165) is 55.0 Å². The highest BCUT2D eigenvalue weighted by atomic mass is 35.5. The summed E-state index contributed by atoms with van der Waals surface area (Å²) in [6.45, 7) is 2.49. The van der Waals surface area contributed by atoms with E-state index in [-0.39, 0.29) is 23.0 Å². The van der Waals surface area contributed by atoms with Crippen molar-refractivity contribution in [2.24, 2.45) is 46.3 Å². The van der Waals surface area contributed by atoms with Crippen LogP contribution >= 0.6 is 22.9 Å². The van der Waals surface area contributed by atoms with E-state index in [2.05, 4.69) is 13.0 Å². The standard InChI is InChI=1S/C31H42ClNO3S/c1-30-12-11-19(34)14-18(30)15-24(35)28-21-8-7-20-17(10-13-31(20,21)26(36-2)16-22(28)30)6-9-27-33-29-23(32)4-3-5-25(29)37-27/h3-5,17-22,24,26,28,34-35H,6-16H2,1-2H3/t17?,18-,19+,20+,21-,22-,24+,26-,28-,30-,31+/m0/s1. The molecule has 1 aromatic heterocycles. The van der Waals surface area contributed by atoms with Crippen LogP contribution in [0.15, 0.2) is 18.2 Å². The molecule has 2 aromatic rings. The molecule has 5 fully saturated rings. The van der Waals surface area contributed by atoms with Gasteiger partial charge in [-0.2, -0.15) is 0 Å². The molecule has 1 spiro atoms. The van der Waals surface area contributed by atoms with Crippen molar-refractivity contribution in [2.75, 3.05) is 7.11 Å².